The van der Waals surface area contributed by atoms with E-state index in [2.05, 4.69) is 4.98 Å². The molecule has 0 spiro atoms. The van der Waals surface area contributed by atoms with Crippen molar-refractivity contribution in [1.29, 1.82) is 0 Å². The molecule has 0 saturated heterocycles. The second kappa shape index (κ2) is 6.09. The minimum Gasteiger partial charge on any atom is -0.268 e. The summed E-state index contributed by atoms with van der Waals surface area (Å²) >= 11 is 12.7. The summed E-state index contributed by atoms with van der Waals surface area (Å²) < 4.78 is 27.4. The Morgan fingerprint density at radius 3 is 2.65 bits per heavy atom. The van der Waals surface area contributed by atoms with Crippen molar-refractivity contribution in [2.75, 3.05) is 0 Å². The van der Waals surface area contributed by atoms with Crippen LogP contribution in [0.5, 0.6) is 0 Å². The van der Waals surface area contributed by atoms with Crippen LogP contribution in [0.25, 0.3) is 10.2 Å². The zero-order valence-corrected chi connectivity index (χ0v) is 14.4. The van der Waals surface area contributed by atoms with Crippen LogP contribution in [0.15, 0.2) is 46.8 Å². The van der Waals surface area contributed by atoms with Crippen LogP contribution in [0.1, 0.15) is 10.4 Å². The molecule has 5 nitrogen and oxygen atoms in total. The Hall–Kier alpha value is -1.67. The van der Waals surface area contributed by atoms with E-state index in [0.29, 0.717) is 15.2 Å². The molecular weight excluding hydrogens is 379 g/mol. The highest BCUT2D eigenvalue weighted by Gasteiger charge is 2.22. The number of hydrogen-bond donors (Lipinski definition) is 1. The summed E-state index contributed by atoms with van der Waals surface area (Å²) in [4.78, 5) is 16.2. The Balaban J connectivity index is 1.92. The van der Waals surface area contributed by atoms with Crippen LogP contribution in [-0.4, -0.2) is 19.3 Å². The highest BCUT2D eigenvalue weighted by atomic mass is 35.5. The third-order valence-electron chi connectivity index (χ3n) is 2.93. The number of carbonyl (C=O) groups is 1. The van der Waals surface area contributed by atoms with Crippen molar-refractivity contribution in [3.63, 3.8) is 0 Å². The Bertz CT molecular complexity index is 983. The number of halogens is 2. The minimum absolute atomic E-state index is 0.00429. The molecule has 9 heteroatoms. The summed E-state index contributed by atoms with van der Waals surface area (Å²) in [5.74, 6) is -0.822. The number of nitrogens with zero attached hydrogens (tertiary/aromatic N) is 1. The Morgan fingerprint density at radius 2 is 1.96 bits per heavy atom. The van der Waals surface area contributed by atoms with E-state index in [-0.39, 0.29) is 14.8 Å². The molecule has 118 valence electrons. The molecule has 23 heavy (non-hydrogen) atoms. The number of rotatable bonds is 3. The van der Waals surface area contributed by atoms with Gasteiger partial charge in [0.25, 0.3) is 15.9 Å². The summed E-state index contributed by atoms with van der Waals surface area (Å²) in [6, 6.07) is 9.07. The molecule has 3 rings (SSSR count). The molecule has 0 bridgehead atoms. The summed E-state index contributed by atoms with van der Waals surface area (Å²) in [6.45, 7) is 0. The maximum absolute atomic E-state index is 12.3. The number of pyridine rings is 1. The molecule has 0 atom stereocenters. The zero-order valence-electron chi connectivity index (χ0n) is 11.3. The van der Waals surface area contributed by atoms with Gasteiger partial charge in [-0.2, -0.15) is 0 Å². The molecule has 0 aliphatic carbocycles. The van der Waals surface area contributed by atoms with Gasteiger partial charge in [0, 0.05) is 11.2 Å². The number of sulfonamides is 1. The second-order valence-corrected chi connectivity index (χ2v) is 8.35. The van der Waals surface area contributed by atoms with Crippen LogP contribution >= 0.6 is 34.5 Å². The Kier molecular flexibility index (Phi) is 4.29. The van der Waals surface area contributed by atoms with Gasteiger partial charge in [-0.3, -0.25) is 9.78 Å². The van der Waals surface area contributed by atoms with Crippen LogP contribution in [0, 0.1) is 0 Å². The van der Waals surface area contributed by atoms with Gasteiger partial charge in [-0.15, -0.1) is 11.3 Å². The van der Waals surface area contributed by atoms with Crippen molar-refractivity contribution in [2.45, 2.75) is 4.21 Å². The molecule has 0 aliphatic heterocycles. The maximum Gasteiger partial charge on any atom is 0.273 e. The van der Waals surface area contributed by atoms with Gasteiger partial charge in [0.05, 0.1) is 20.8 Å². The summed E-state index contributed by atoms with van der Waals surface area (Å²) in [6.07, 6.45) is 1.57. The molecule has 2 heterocycles. The number of amides is 1. The molecule has 1 aromatic carbocycles. The van der Waals surface area contributed by atoms with Gasteiger partial charge in [-0.1, -0.05) is 23.2 Å². The second-order valence-electron chi connectivity index (χ2n) is 4.51. The fourth-order valence-electron chi connectivity index (χ4n) is 1.88. The van der Waals surface area contributed by atoms with E-state index in [1.807, 2.05) is 4.72 Å². The monoisotopic (exact) mass is 386 g/mol. The molecule has 1 amide bonds. The zero-order chi connectivity index (χ0) is 16.6. The predicted octanol–water partition coefficient (Wildman–Crippen LogP) is 3.72. The Labute approximate surface area is 145 Å². The topological polar surface area (TPSA) is 76.1 Å². The molecule has 0 aliphatic rings. The first-order chi connectivity index (χ1) is 10.9. The van der Waals surface area contributed by atoms with Crippen LogP contribution < -0.4 is 4.72 Å². The number of carbonyl (C=O) groups excluding carboxylic acids is 1. The van der Waals surface area contributed by atoms with E-state index in [0.717, 1.165) is 11.3 Å². The maximum atomic E-state index is 12.3. The van der Waals surface area contributed by atoms with Crippen molar-refractivity contribution in [3.8, 4) is 0 Å². The molecule has 3 aromatic rings. The van der Waals surface area contributed by atoms with E-state index in [1.54, 1.807) is 18.3 Å². The van der Waals surface area contributed by atoms with Crippen molar-refractivity contribution in [3.05, 3.63) is 58.2 Å². The lowest BCUT2D eigenvalue weighted by molar-refractivity contribution is 0.0981. The molecule has 2 aromatic heterocycles. The average Bonchev–Trinajstić information content (AvgIpc) is 2.91. The van der Waals surface area contributed by atoms with Gasteiger partial charge in [-0.25, -0.2) is 13.1 Å². The number of benzene rings is 1. The van der Waals surface area contributed by atoms with Crippen LogP contribution in [-0.2, 0) is 10.0 Å². The van der Waals surface area contributed by atoms with E-state index < -0.39 is 15.9 Å². The summed E-state index contributed by atoms with van der Waals surface area (Å²) in [5.41, 5.74) is 0.578. The van der Waals surface area contributed by atoms with E-state index in [1.165, 1.54) is 24.3 Å². The smallest absolute Gasteiger partial charge is 0.268 e. The van der Waals surface area contributed by atoms with Crippen LogP contribution in [0.4, 0.5) is 0 Å². The van der Waals surface area contributed by atoms with Gasteiger partial charge in [0.1, 0.15) is 4.21 Å². The Morgan fingerprint density at radius 1 is 1.17 bits per heavy atom. The van der Waals surface area contributed by atoms with Gasteiger partial charge >= 0.3 is 0 Å². The number of aromatic nitrogens is 1. The third kappa shape index (κ3) is 3.32. The van der Waals surface area contributed by atoms with E-state index in [9.17, 15) is 13.2 Å². The van der Waals surface area contributed by atoms with E-state index in [4.69, 9.17) is 23.2 Å². The van der Waals surface area contributed by atoms with Gasteiger partial charge in [0.2, 0.25) is 0 Å². The first-order valence-corrected chi connectivity index (χ1v) is 9.29. The van der Waals surface area contributed by atoms with E-state index >= 15 is 0 Å². The van der Waals surface area contributed by atoms with Gasteiger partial charge in [-0.05, 0) is 36.4 Å². The number of nitrogens with one attached hydrogen (secondary N) is 1. The molecule has 0 fully saturated rings. The fourth-order valence-corrected chi connectivity index (χ4v) is 4.68. The molecule has 1 N–H and O–H groups in total. The number of thiophene rings is 1. The van der Waals surface area contributed by atoms with Gasteiger partial charge in [0.15, 0.2) is 0 Å². The van der Waals surface area contributed by atoms with Crippen molar-refractivity contribution < 1.29 is 13.2 Å². The first kappa shape index (κ1) is 16.2. The quantitative estimate of drug-likeness (QED) is 0.743. The molecule has 0 saturated carbocycles. The lowest BCUT2D eigenvalue weighted by Gasteiger charge is -2.06. The largest absolute Gasteiger partial charge is 0.273 e. The van der Waals surface area contributed by atoms with Crippen LogP contribution in [0.2, 0.25) is 10.0 Å². The molecule has 0 unspecified atom stereocenters. The lowest BCUT2D eigenvalue weighted by Crippen LogP contribution is -2.30. The first-order valence-electron chi connectivity index (χ1n) is 6.23. The number of fused-ring (bicyclic) bond motifs is 1. The highest BCUT2D eigenvalue weighted by Crippen LogP contribution is 2.28. The van der Waals surface area contributed by atoms with Crippen molar-refractivity contribution >= 4 is 60.7 Å². The highest BCUT2D eigenvalue weighted by molar-refractivity contribution is 7.92. The van der Waals surface area contributed by atoms with Crippen molar-refractivity contribution in [1.82, 2.24) is 9.71 Å². The average molecular weight is 387 g/mol. The standard InChI is InChI=1S/C14H8Cl2N2O3S2/c15-8-3-4-9(10(16)6-8)14(19)18-23(20,21)13-7-11-12(22-13)2-1-5-17-11/h1-7H,(H,18,19). The van der Waals surface area contributed by atoms with Gasteiger partial charge < -0.3 is 0 Å². The third-order valence-corrected chi connectivity index (χ3v) is 6.37. The summed E-state index contributed by atoms with van der Waals surface area (Å²) in [7, 11) is -4.01. The molecular formula is C14H8Cl2N2O3S2. The molecule has 0 radical (unpaired) electrons. The van der Waals surface area contributed by atoms with Crippen molar-refractivity contribution in [2.24, 2.45) is 0 Å². The fraction of sp³-hybridized carbons (Fsp3) is 0. The summed E-state index contributed by atoms with van der Waals surface area (Å²) in [5, 5.41) is 0.424. The number of hydrogen-bond acceptors (Lipinski definition) is 5. The lowest BCUT2D eigenvalue weighted by atomic mass is 10.2. The minimum atomic E-state index is -4.01. The SMILES string of the molecule is O=C(NS(=O)(=O)c1cc2ncccc2s1)c1ccc(Cl)cc1Cl. The normalized spacial score (nSPS) is 11.6. The predicted molar refractivity (Wildman–Crippen MR) is 90.7 cm³/mol. The van der Waals surface area contributed by atoms with Crippen LogP contribution in [0.3, 0.4) is 0 Å².